The van der Waals surface area contributed by atoms with Gasteiger partial charge in [-0.15, -0.1) is 0 Å². The summed E-state index contributed by atoms with van der Waals surface area (Å²) in [5, 5.41) is 7.79. The van der Waals surface area contributed by atoms with Gasteiger partial charge in [0.2, 0.25) is 17.5 Å². The molecule has 0 aromatic carbocycles. The van der Waals surface area contributed by atoms with Crippen molar-refractivity contribution >= 4 is 12.0 Å². The lowest BCUT2D eigenvalue weighted by atomic mass is 9.97. The molecule has 1 aliphatic rings. The van der Waals surface area contributed by atoms with Crippen molar-refractivity contribution in [3.05, 3.63) is 24.2 Å². The molecule has 0 saturated heterocycles. The number of nitrogens with one attached hydrogen (secondary N) is 1. The number of nitrogens with zero attached hydrogens (tertiary/aromatic N) is 3. The molecule has 144 valence electrons. The summed E-state index contributed by atoms with van der Waals surface area (Å²) in [6, 6.07) is 3.81. The number of carbonyl (C=O) groups excluding carboxylic acids is 1. The lowest BCUT2D eigenvalue weighted by Crippen LogP contribution is -2.24. The molecule has 0 spiro atoms. The maximum atomic E-state index is 12.1. The predicted molar refractivity (Wildman–Crippen MR) is 103 cm³/mol. The van der Waals surface area contributed by atoms with E-state index < -0.39 is 0 Å². The van der Waals surface area contributed by atoms with Gasteiger partial charge >= 0.3 is 0 Å². The number of hydrogen-bond donors (Lipinski definition) is 1. The van der Waals surface area contributed by atoms with Crippen molar-refractivity contribution in [3.8, 4) is 23.4 Å². The minimum absolute atomic E-state index is 0. The van der Waals surface area contributed by atoms with Gasteiger partial charge in [0.1, 0.15) is 6.10 Å². The van der Waals surface area contributed by atoms with Gasteiger partial charge in [-0.2, -0.15) is 4.98 Å². The Kier molecular flexibility index (Phi) is 6.42. The van der Waals surface area contributed by atoms with Gasteiger partial charge < -0.3 is 14.3 Å². The highest BCUT2D eigenvalue weighted by Crippen LogP contribution is 2.25. The molecule has 2 unspecified atom stereocenters. The van der Waals surface area contributed by atoms with Crippen LogP contribution in [-0.4, -0.2) is 33.2 Å². The van der Waals surface area contributed by atoms with Crippen LogP contribution in [-0.2, 0) is 9.63 Å². The predicted octanol–water partition coefficient (Wildman–Crippen LogP) is 3.96. The van der Waals surface area contributed by atoms with Crippen LogP contribution in [0, 0.1) is 17.8 Å². The van der Waals surface area contributed by atoms with Crippen molar-refractivity contribution in [1.82, 2.24) is 15.1 Å². The average Bonchev–Trinajstić information content (AvgIpc) is 3.36. The van der Waals surface area contributed by atoms with Crippen molar-refractivity contribution in [2.24, 2.45) is 11.1 Å². The minimum Gasteiger partial charge on any atom is -0.393 e. The first kappa shape index (κ1) is 18.9. The fourth-order valence-corrected chi connectivity index (χ4v) is 3.01. The second-order valence-electron chi connectivity index (χ2n) is 6.72. The van der Waals surface area contributed by atoms with Crippen LogP contribution in [0.4, 0.5) is 0 Å². The van der Waals surface area contributed by atoms with Crippen LogP contribution >= 0.6 is 0 Å². The van der Waals surface area contributed by atoms with Gasteiger partial charge in [0.25, 0.3) is 0 Å². The standard InChI is InChI=1S/C20H24N4O3.H2/c1-3-15(20-23-19(24-27-20)17-9-7-11-21-17)8-5-4-6-10-18(25)16-12-14(2)26-22-13-16;/h7,9,11,13-16,21H,3-5,8,12H2,1-2H3;1H/t14?,15-,16?;/m1./s1. The summed E-state index contributed by atoms with van der Waals surface area (Å²) in [7, 11) is 0. The van der Waals surface area contributed by atoms with Crippen molar-refractivity contribution < 1.29 is 15.6 Å². The Labute approximate surface area is 160 Å². The van der Waals surface area contributed by atoms with Gasteiger partial charge in [-0.1, -0.05) is 23.2 Å². The molecule has 7 heteroatoms. The quantitative estimate of drug-likeness (QED) is 0.452. The van der Waals surface area contributed by atoms with E-state index in [0.717, 1.165) is 25.0 Å². The van der Waals surface area contributed by atoms with E-state index in [9.17, 15) is 4.79 Å². The normalized spacial score (nSPS) is 19.8. The van der Waals surface area contributed by atoms with Crippen LogP contribution in [0.2, 0.25) is 0 Å². The molecule has 0 radical (unpaired) electrons. The third kappa shape index (κ3) is 5.07. The van der Waals surface area contributed by atoms with E-state index in [1.54, 1.807) is 6.21 Å². The Morgan fingerprint density at radius 2 is 2.41 bits per heavy atom. The SMILES string of the molecule is CC[C@H](CCCC#CC(=O)C1C=NOC(C)C1)c1nc(-c2ccc[nH]2)no1.[HH]. The monoisotopic (exact) mass is 370 g/mol. The number of aromatic amines is 1. The van der Waals surface area contributed by atoms with Gasteiger partial charge in [0.05, 0.1) is 17.8 Å². The Morgan fingerprint density at radius 3 is 3.15 bits per heavy atom. The van der Waals surface area contributed by atoms with E-state index in [-0.39, 0.29) is 25.1 Å². The topological polar surface area (TPSA) is 93.4 Å². The second-order valence-corrected chi connectivity index (χ2v) is 6.72. The Morgan fingerprint density at radius 1 is 1.52 bits per heavy atom. The van der Waals surface area contributed by atoms with Crippen molar-refractivity contribution in [3.63, 3.8) is 0 Å². The van der Waals surface area contributed by atoms with Gasteiger partial charge in [-0.25, -0.2) is 0 Å². The third-order valence-electron chi connectivity index (χ3n) is 4.59. The van der Waals surface area contributed by atoms with Crippen LogP contribution in [0.15, 0.2) is 28.0 Å². The number of Topliss-reactive ketones (excluding diaryl/α,β-unsaturated/α-hetero) is 1. The minimum atomic E-state index is -0.255. The van der Waals surface area contributed by atoms with E-state index in [1.165, 1.54) is 0 Å². The highest BCUT2D eigenvalue weighted by atomic mass is 16.6. The van der Waals surface area contributed by atoms with Crippen LogP contribution < -0.4 is 0 Å². The van der Waals surface area contributed by atoms with E-state index in [2.05, 4.69) is 39.0 Å². The molecule has 2 aromatic rings. The molecule has 0 aliphatic carbocycles. The summed E-state index contributed by atoms with van der Waals surface area (Å²) in [5.74, 6) is 6.80. The number of H-pyrrole nitrogens is 1. The third-order valence-corrected chi connectivity index (χ3v) is 4.59. The summed E-state index contributed by atoms with van der Waals surface area (Å²) < 4.78 is 5.43. The largest absolute Gasteiger partial charge is 0.393 e. The first-order chi connectivity index (χ1) is 13.2. The maximum absolute atomic E-state index is 12.1. The fraction of sp³-hybridized carbons (Fsp3) is 0.500. The van der Waals surface area contributed by atoms with Crippen molar-refractivity contribution in [2.75, 3.05) is 0 Å². The number of unbranched alkanes of at least 4 members (excludes halogenated alkanes) is 1. The first-order valence-corrected chi connectivity index (χ1v) is 9.36. The number of rotatable bonds is 7. The lowest BCUT2D eigenvalue weighted by molar-refractivity contribution is -0.117. The van der Waals surface area contributed by atoms with Crippen molar-refractivity contribution in [2.45, 2.75) is 58.0 Å². The molecule has 3 atom stereocenters. The first-order valence-electron chi connectivity index (χ1n) is 9.36. The second kappa shape index (κ2) is 9.17. The number of ketones is 1. The lowest BCUT2D eigenvalue weighted by Gasteiger charge is -2.17. The van der Waals surface area contributed by atoms with Crippen molar-refractivity contribution in [1.29, 1.82) is 0 Å². The highest BCUT2D eigenvalue weighted by molar-refractivity contribution is 6.05. The molecule has 0 saturated carbocycles. The van der Waals surface area contributed by atoms with Gasteiger partial charge in [0.15, 0.2) is 0 Å². The number of aromatic nitrogens is 3. The summed E-state index contributed by atoms with van der Waals surface area (Å²) in [6.45, 7) is 4.00. The van der Waals surface area contributed by atoms with Gasteiger partial charge in [-0.05, 0) is 44.2 Å². The molecular weight excluding hydrogens is 344 g/mol. The zero-order valence-electron chi connectivity index (χ0n) is 15.6. The smallest absolute Gasteiger partial charge is 0.230 e. The Balaban J connectivity index is 0.00000280. The summed E-state index contributed by atoms with van der Waals surface area (Å²) >= 11 is 0. The van der Waals surface area contributed by atoms with E-state index >= 15 is 0 Å². The molecular formula is C20H26N4O3. The molecule has 0 amide bonds. The fourth-order valence-electron chi connectivity index (χ4n) is 3.01. The van der Waals surface area contributed by atoms with E-state index in [4.69, 9.17) is 9.36 Å². The van der Waals surface area contributed by atoms with Crippen LogP contribution in [0.1, 0.15) is 59.2 Å². The van der Waals surface area contributed by atoms with Gasteiger partial charge in [0, 0.05) is 26.4 Å². The molecule has 0 bridgehead atoms. The maximum Gasteiger partial charge on any atom is 0.230 e. The van der Waals surface area contributed by atoms with E-state index in [0.29, 0.717) is 24.6 Å². The average molecular weight is 370 g/mol. The molecule has 1 aliphatic heterocycles. The highest BCUT2D eigenvalue weighted by Gasteiger charge is 2.22. The molecule has 7 nitrogen and oxygen atoms in total. The number of carbonyl (C=O) groups is 1. The van der Waals surface area contributed by atoms with Crippen LogP contribution in [0.5, 0.6) is 0 Å². The van der Waals surface area contributed by atoms with Gasteiger partial charge in [-0.3, -0.25) is 4.79 Å². The molecule has 0 fully saturated rings. The molecule has 3 rings (SSSR count). The molecule has 27 heavy (non-hydrogen) atoms. The van der Waals surface area contributed by atoms with Crippen LogP contribution in [0.3, 0.4) is 0 Å². The zero-order chi connectivity index (χ0) is 19.1. The molecule has 1 N–H and O–H groups in total. The number of hydrogen-bond acceptors (Lipinski definition) is 6. The molecule has 2 aromatic heterocycles. The zero-order valence-corrected chi connectivity index (χ0v) is 15.6. The Bertz CT molecular complexity index is 835. The molecule has 3 heterocycles. The summed E-state index contributed by atoms with van der Waals surface area (Å²) in [5.41, 5.74) is 0.843. The summed E-state index contributed by atoms with van der Waals surface area (Å²) in [4.78, 5) is 24.7. The van der Waals surface area contributed by atoms with E-state index in [1.807, 2.05) is 25.3 Å². The summed E-state index contributed by atoms with van der Waals surface area (Å²) in [6.07, 6.45) is 7.30. The number of oxime groups is 1. The Hall–Kier alpha value is -2.88. The van der Waals surface area contributed by atoms with Crippen LogP contribution in [0.25, 0.3) is 11.5 Å².